The molecule has 1 amide bonds. The Kier molecular flexibility index (Phi) is 5.47. The molecule has 0 aliphatic heterocycles. The lowest BCUT2D eigenvalue weighted by Crippen LogP contribution is -2.32. The van der Waals surface area contributed by atoms with Gasteiger partial charge in [0.1, 0.15) is 6.04 Å². The van der Waals surface area contributed by atoms with Gasteiger partial charge in [-0.1, -0.05) is 19.1 Å². The second-order valence-electron chi connectivity index (χ2n) is 4.14. The van der Waals surface area contributed by atoms with Gasteiger partial charge in [0, 0.05) is 6.54 Å². The van der Waals surface area contributed by atoms with Gasteiger partial charge in [0.15, 0.2) is 5.69 Å². The Bertz CT molecular complexity index is 456. The van der Waals surface area contributed by atoms with E-state index in [1.807, 2.05) is 13.8 Å². The molecule has 0 aliphatic rings. The van der Waals surface area contributed by atoms with Crippen molar-refractivity contribution < 1.29 is 14.3 Å². The van der Waals surface area contributed by atoms with Gasteiger partial charge in [-0.05, 0) is 19.8 Å². The highest BCUT2D eigenvalue weighted by molar-refractivity contribution is 5.88. The van der Waals surface area contributed by atoms with E-state index in [0.29, 0.717) is 18.7 Å². The Morgan fingerprint density at radius 2 is 2.11 bits per heavy atom. The van der Waals surface area contributed by atoms with Gasteiger partial charge in [-0.2, -0.15) is 0 Å². The first kappa shape index (κ1) is 15.1. The zero-order chi connectivity index (χ0) is 14.4. The normalized spacial score (nSPS) is 12.0. The first-order valence-corrected chi connectivity index (χ1v) is 6.36. The lowest BCUT2D eigenvalue weighted by Gasteiger charge is -2.14. The van der Waals surface area contributed by atoms with E-state index in [-0.39, 0.29) is 11.6 Å². The second-order valence-corrected chi connectivity index (χ2v) is 4.14. The predicted molar refractivity (Wildman–Crippen MR) is 68.8 cm³/mol. The number of aromatic nitrogens is 3. The summed E-state index contributed by atoms with van der Waals surface area (Å²) in [7, 11) is 1.29. The summed E-state index contributed by atoms with van der Waals surface area (Å²) in [5.74, 6) is -0.679. The van der Waals surface area contributed by atoms with Crippen molar-refractivity contribution in [3.05, 3.63) is 11.4 Å². The summed E-state index contributed by atoms with van der Waals surface area (Å²) in [5.41, 5.74) is 0.770. The number of carbonyl (C=O) groups is 2. The zero-order valence-corrected chi connectivity index (χ0v) is 11.8. The van der Waals surface area contributed by atoms with Gasteiger partial charge >= 0.3 is 5.97 Å². The van der Waals surface area contributed by atoms with E-state index < -0.39 is 12.0 Å². The number of amides is 1. The first-order chi connectivity index (χ1) is 9.06. The SMILES string of the molecule is CCCNC(=O)C(C)n1nnc(C(=O)OC)c1CC. The third-order valence-corrected chi connectivity index (χ3v) is 2.80. The van der Waals surface area contributed by atoms with Gasteiger partial charge in [0.05, 0.1) is 12.8 Å². The van der Waals surface area contributed by atoms with Crippen molar-refractivity contribution in [2.24, 2.45) is 0 Å². The molecule has 0 fully saturated rings. The molecule has 1 N–H and O–H groups in total. The molecule has 0 aliphatic carbocycles. The summed E-state index contributed by atoms with van der Waals surface area (Å²) in [5, 5.41) is 10.5. The van der Waals surface area contributed by atoms with Crippen LogP contribution < -0.4 is 5.32 Å². The second kappa shape index (κ2) is 6.86. The van der Waals surface area contributed by atoms with Crippen LogP contribution >= 0.6 is 0 Å². The summed E-state index contributed by atoms with van der Waals surface area (Å²) in [4.78, 5) is 23.4. The van der Waals surface area contributed by atoms with Crippen LogP contribution in [-0.2, 0) is 16.0 Å². The summed E-state index contributed by atoms with van der Waals surface area (Å²) in [6, 6.07) is -0.507. The van der Waals surface area contributed by atoms with Crippen molar-refractivity contribution >= 4 is 11.9 Å². The van der Waals surface area contributed by atoms with Crippen molar-refractivity contribution in [3.8, 4) is 0 Å². The molecule has 7 nitrogen and oxygen atoms in total. The molecule has 1 atom stereocenters. The predicted octanol–water partition coefficient (Wildman–Crippen LogP) is 0.714. The highest BCUT2D eigenvalue weighted by atomic mass is 16.5. The number of ether oxygens (including phenoxy) is 1. The van der Waals surface area contributed by atoms with E-state index in [2.05, 4.69) is 20.4 Å². The molecule has 0 bridgehead atoms. The molecule has 1 heterocycles. The molecular formula is C12H20N4O3. The van der Waals surface area contributed by atoms with Crippen molar-refractivity contribution in [1.29, 1.82) is 0 Å². The van der Waals surface area contributed by atoms with Crippen molar-refractivity contribution in [3.63, 3.8) is 0 Å². The smallest absolute Gasteiger partial charge is 0.360 e. The van der Waals surface area contributed by atoms with Crippen LogP contribution in [0.25, 0.3) is 0 Å². The van der Waals surface area contributed by atoms with Gasteiger partial charge in [-0.15, -0.1) is 5.10 Å². The minimum atomic E-state index is -0.538. The van der Waals surface area contributed by atoms with Crippen LogP contribution in [-0.4, -0.2) is 40.5 Å². The molecule has 106 valence electrons. The molecule has 0 radical (unpaired) electrons. The fraction of sp³-hybridized carbons (Fsp3) is 0.667. The largest absolute Gasteiger partial charge is 0.464 e. The molecule has 1 rings (SSSR count). The van der Waals surface area contributed by atoms with E-state index >= 15 is 0 Å². The fourth-order valence-corrected chi connectivity index (χ4v) is 1.72. The molecule has 0 saturated carbocycles. The first-order valence-electron chi connectivity index (χ1n) is 6.36. The van der Waals surface area contributed by atoms with E-state index in [0.717, 1.165) is 6.42 Å². The lowest BCUT2D eigenvalue weighted by molar-refractivity contribution is -0.124. The zero-order valence-electron chi connectivity index (χ0n) is 11.8. The monoisotopic (exact) mass is 268 g/mol. The molecule has 0 saturated heterocycles. The number of esters is 1. The number of nitrogens with zero attached hydrogens (tertiary/aromatic N) is 3. The Morgan fingerprint density at radius 3 is 2.63 bits per heavy atom. The van der Waals surface area contributed by atoms with Crippen LogP contribution in [0.5, 0.6) is 0 Å². The van der Waals surface area contributed by atoms with Crippen molar-refractivity contribution in [1.82, 2.24) is 20.3 Å². The van der Waals surface area contributed by atoms with Crippen LogP contribution in [0.15, 0.2) is 0 Å². The van der Waals surface area contributed by atoms with Crippen LogP contribution in [0.3, 0.4) is 0 Å². The van der Waals surface area contributed by atoms with E-state index in [9.17, 15) is 9.59 Å². The summed E-state index contributed by atoms with van der Waals surface area (Å²) in [6.07, 6.45) is 1.41. The average molecular weight is 268 g/mol. The maximum absolute atomic E-state index is 11.9. The van der Waals surface area contributed by atoms with E-state index in [1.54, 1.807) is 6.92 Å². The van der Waals surface area contributed by atoms with Crippen LogP contribution in [0.2, 0.25) is 0 Å². The number of methoxy groups -OCH3 is 1. The van der Waals surface area contributed by atoms with Gasteiger partial charge in [-0.25, -0.2) is 9.48 Å². The van der Waals surface area contributed by atoms with Gasteiger partial charge in [0.25, 0.3) is 0 Å². The Labute approximate surface area is 112 Å². The minimum Gasteiger partial charge on any atom is -0.464 e. The van der Waals surface area contributed by atoms with Crippen LogP contribution in [0.4, 0.5) is 0 Å². The third-order valence-electron chi connectivity index (χ3n) is 2.80. The molecule has 1 unspecified atom stereocenters. The molecular weight excluding hydrogens is 248 g/mol. The number of hydrogen-bond acceptors (Lipinski definition) is 5. The van der Waals surface area contributed by atoms with E-state index in [1.165, 1.54) is 11.8 Å². The summed E-state index contributed by atoms with van der Waals surface area (Å²) in [6.45, 7) is 6.19. The molecule has 19 heavy (non-hydrogen) atoms. The maximum atomic E-state index is 11.9. The molecule has 0 aromatic carbocycles. The fourth-order valence-electron chi connectivity index (χ4n) is 1.72. The lowest BCUT2D eigenvalue weighted by atomic mass is 10.2. The van der Waals surface area contributed by atoms with Crippen molar-refractivity contribution in [2.75, 3.05) is 13.7 Å². The van der Waals surface area contributed by atoms with Gasteiger partial charge < -0.3 is 10.1 Å². The van der Waals surface area contributed by atoms with E-state index in [4.69, 9.17) is 0 Å². The van der Waals surface area contributed by atoms with Gasteiger partial charge in [-0.3, -0.25) is 4.79 Å². The Hall–Kier alpha value is -1.92. The molecule has 1 aromatic rings. The quantitative estimate of drug-likeness (QED) is 0.768. The molecule has 0 spiro atoms. The standard InChI is InChI=1S/C12H20N4O3/c1-5-7-13-11(17)8(3)16-9(6-2)10(14-15-16)12(18)19-4/h8H,5-7H2,1-4H3,(H,13,17). The maximum Gasteiger partial charge on any atom is 0.360 e. The van der Waals surface area contributed by atoms with Crippen LogP contribution in [0, 0.1) is 0 Å². The van der Waals surface area contributed by atoms with Crippen LogP contribution in [0.1, 0.15) is 49.4 Å². The topological polar surface area (TPSA) is 86.1 Å². The van der Waals surface area contributed by atoms with Gasteiger partial charge in [0.2, 0.25) is 5.91 Å². The molecule has 7 heteroatoms. The Morgan fingerprint density at radius 1 is 1.42 bits per heavy atom. The minimum absolute atomic E-state index is 0.141. The highest BCUT2D eigenvalue weighted by Crippen LogP contribution is 2.14. The van der Waals surface area contributed by atoms with Crippen molar-refractivity contribution in [2.45, 2.75) is 39.7 Å². The number of hydrogen-bond donors (Lipinski definition) is 1. The number of carbonyl (C=O) groups excluding carboxylic acids is 2. The highest BCUT2D eigenvalue weighted by Gasteiger charge is 2.24. The summed E-state index contributed by atoms with van der Waals surface area (Å²) >= 11 is 0. The Balaban J connectivity index is 2.97. The number of nitrogens with one attached hydrogen (secondary N) is 1. The molecule has 1 aromatic heterocycles. The average Bonchev–Trinajstić information content (AvgIpc) is 2.86. The number of rotatable bonds is 6. The third kappa shape index (κ3) is 3.30. The summed E-state index contributed by atoms with van der Waals surface area (Å²) < 4.78 is 6.11.